The quantitative estimate of drug-likeness (QED) is 0.394. The molecule has 3 aromatic rings. The van der Waals surface area contributed by atoms with Crippen LogP contribution in [0.3, 0.4) is 0 Å². The summed E-state index contributed by atoms with van der Waals surface area (Å²) in [6.07, 6.45) is -4.09. The summed E-state index contributed by atoms with van der Waals surface area (Å²) in [6.45, 7) is 6.31. The topological polar surface area (TPSA) is 69.7 Å². The van der Waals surface area contributed by atoms with E-state index in [1.165, 1.54) is 18.2 Å². The number of nitrogens with one attached hydrogen (secondary N) is 1. The number of rotatable bonds is 9. The van der Waals surface area contributed by atoms with Crippen molar-refractivity contribution < 1.29 is 32.2 Å². The minimum Gasteiger partial charge on any atom is -0.457 e. The first-order valence-electron chi connectivity index (χ1n) is 10.7. The molecule has 1 heterocycles. The highest BCUT2D eigenvalue weighted by molar-refractivity contribution is 6.05. The van der Waals surface area contributed by atoms with Gasteiger partial charge in [-0.25, -0.2) is 0 Å². The molecule has 0 aliphatic heterocycles. The summed E-state index contributed by atoms with van der Waals surface area (Å²) < 4.78 is 52.2. The Labute approximate surface area is 195 Å². The van der Waals surface area contributed by atoms with Gasteiger partial charge < -0.3 is 19.5 Å². The number of aromatic nitrogens is 1. The van der Waals surface area contributed by atoms with E-state index in [1.54, 1.807) is 37.3 Å². The molecule has 2 aromatic carbocycles. The molecule has 180 valence electrons. The minimum absolute atomic E-state index is 0.0388. The molecule has 0 saturated carbocycles. The fourth-order valence-electron chi connectivity index (χ4n) is 3.28. The van der Waals surface area contributed by atoms with Gasteiger partial charge in [0.2, 0.25) is 0 Å². The summed E-state index contributed by atoms with van der Waals surface area (Å²) in [5.74, 6) is -0.122. The number of amides is 1. The molecule has 1 unspecified atom stereocenters. The van der Waals surface area contributed by atoms with Gasteiger partial charge >= 0.3 is 6.36 Å². The molecule has 0 radical (unpaired) electrons. The lowest BCUT2D eigenvalue weighted by Gasteiger charge is -2.13. The average molecular weight is 474 g/mol. The first-order chi connectivity index (χ1) is 16.1. The second kappa shape index (κ2) is 11.0. The van der Waals surface area contributed by atoms with Crippen LogP contribution < -0.4 is 14.8 Å². The third-order valence-corrected chi connectivity index (χ3v) is 4.72. The third-order valence-electron chi connectivity index (χ3n) is 4.72. The summed E-state index contributed by atoms with van der Waals surface area (Å²) in [7, 11) is 0. The van der Waals surface area contributed by atoms with Gasteiger partial charge in [0.05, 0.1) is 17.4 Å². The van der Waals surface area contributed by atoms with E-state index in [0.29, 0.717) is 35.7 Å². The maximum atomic E-state index is 12.7. The first kappa shape index (κ1) is 25.0. The Bertz CT molecular complexity index is 1120. The molecule has 1 aromatic heterocycles. The molecule has 1 atom stereocenters. The number of benzene rings is 2. The lowest BCUT2D eigenvalue weighted by Crippen LogP contribution is -2.17. The zero-order chi connectivity index (χ0) is 24.7. The summed E-state index contributed by atoms with van der Waals surface area (Å²) in [5.41, 5.74) is 2.44. The van der Waals surface area contributed by atoms with E-state index in [9.17, 15) is 18.0 Å². The summed E-state index contributed by atoms with van der Waals surface area (Å²) >= 11 is 0. The van der Waals surface area contributed by atoms with Crippen LogP contribution in [0.5, 0.6) is 17.2 Å². The highest BCUT2D eigenvalue weighted by atomic mass is 19.4. The van der Waals surface area contributed by atoms with Gasteiger partial charge in [-0.3, -0.25) is 9.78 Å². The molecular formula is C25H25F3N2O4. The Morgan fingerprint density at radius 3 is 2.38 bits per heavy atom. The summed E-state index contributed by atoms with van der Waals surface area (Å²) in [4.78, 5) is 17.2. The number of anilines is 1. The van der Waals surface area contributed by atoms with Crippen LogP contribution in [-0.2, 0) is 11.2 Å². The smallest absolute Gasteiger partial charge is 0.457 e. The zero-order valence-corrected chi connectivity index (χ0v) is 19.0. The number of hydrogen-bond donors (Lipinski definition) is 1. The van der Waals surface area contributed by atoms with Gasteiger partial charge in [-0.05, 0) is 69.3 Å². The number of pyridine rings is 1. The Hall–Kier alpha value is -3.59. The van der Waals surface area contributed by atoms with Crippen LogP contribution in [0.2, 0.25) is 0 Å². The van der Waals surface area contributed by atoms with Gasteiger partial charge in [-0.1, -0.05) is 6.07 Å². The van der Waals surface area contributed by atoms with Crippen LogP contribution in [0.4, 0.5) is 18.9 Å². The zero-order valence-electron chi connectivity index (χ0n) is 19.0. The molecule has 0 aliphatic carbocycles. The van der Waals surface area contributed by atoms with E-state index in [1.807, 2.05) is 19.9 Å². The lowest BCUT2D eigenvalue weighted by molar-refractivity contribution is -0.274. The molecule has 3 rings (SSSR count). The number of carbonyl (C=O) groups is 1. The number of carbonyl (C=O) groups excluding carboxylic acids is 1. The summed E-state index contributed by atoms with van der Waals surface area (Å²) in [6, 6.07) is 15.2. The van der Waals surface area contributed by atoms with Crippen molar-refractivity contribution in [1.82, 2.24) is 4.98 Å². The molecule has 0 spiro atoms. The van der Waals surface area contributed by atoms with E-state index in [2.05, 4.69) is 15.0 Å². The Balaban J connectivity index is 1.61. The van der Waals surface area contributed by atoms with Crippen LogP contribution in [0.1, 0.15) is 35.6 Å². The molecule has 0 aliphatic rings. The number of nitrogens with zero attached hydrogens (tertiary/aromatic N) is 1. The van der Waals surface area contributed by atoms with Crippen molar-refractivity contribution in [3.05, 3.63) is 77.6 Å². The monoisotopic (exact) mass is 474 g/mol. The van der Waals surface area contributed by atoms with Crippen molar-refractivity contribution in [3.8, 4) is 17.2 Å². The fourth-order valence-corrected chi connectivity index (χ4v) is 3.28. The van der Waals surface area contributed by atoms with Crippen LogP contribution in [0.25, 0.3) is 0 Å². The molecule has 1 N–H and O–H groups in total. The van der Waals surface area contributed by atoms with Gasteiger partial charge in [0.15, 0.2) is 0 Å². The van der Waals surface area contributed by atoms with E-state index in [-0.39, 0.29) is 23.5 Å². The molecule has 1 amide bonds. The number of aryl methyl sites for hydroxylation is 1. The van der Waals surface area contributed by atoms with Gasteiger partial charge in [-0.2, -0.15) is 0 Å². The molecule has 0 bridgehead atoms. The van der Waals surface area contributed by atoms with Crippen LogP contribution in [-0.4, -0.2) is 30.0 Å². The van der Waals surface area contributed by atoms with Gasteiger partial charge in [-0.15, -0.1) is 13.2 Å². The SMILES string of the molecule is CCOC(C)Cc1ccc(C(=O)Nc2ccc(Oc3cccc(OC(F)(F)F)c3)cc2)c(C)n1. The minimum atomic E-state index is -4.78. The van der Waals surface area contributed by atoms with E-state index in [0.717, 1.165) is 11.8 Å². The van der Waals surface area contributed by atoms with Crippen molar-refractivity contribution >= 4 is 11.6 Å². The van der Waals surface area contributed by atoms with Gasteiger partial charge in [0.25, 0.3) is 5.91 Å². The standard InChI is InChI=1S/C25H25F3N2O4/c1-4-32-16(2)14-19-10-13-23(17(3)29-19)24(31)30-18-8-11-20(12-9-18)33-21-6-5-7-22(15-21)34-25(26,27)28/h5-13,15-16H,4,14H2,1-3H3,(H,30,31). The first-order valence-corrected chi connectivity index (χ1v) is 10.7. The van der Waals surface area contributed by atoms with Crippen LogP contribution in [0.15, 0.2) is 60.7 Å². The van der Waals surface area contributed by atoms with Crippen molar-refractivity contribution in [2.24, 2.45) is 0 Å². The second-order valence-corrected chi connectivity index (χ2v) is 7.51. The molecule has 6 nitrogen and oxygen atoms in total. The number of hydrogen-bond acceptors (Lipinski definition) is 5. The van der Waals surface area contributed by atoms with Crippen molar-refractivity contribution in [2.75, 3.05) is 11.9 Å². The Morgan fingerprint density at radius 1 is 1.03 bits per heavy atom. The van der Waals surface area contributed by atoms with Crippen LogP contribution in [0, 0.1) is 6.92 Å². The van der Waals surface area contributed by atoms with Gasteiger partial charge in [0.1, 0.15) is 17.2 Å². The molecule has 34 heavy (non-hydrogen) atoms. The summed E-state index contributed by atoms with van der Waals surface area (Å²) in [5, 5.41) is 2.80. The maximum Gasteiger partial charge on any atom is 0.573 e. The third kappa shape index (κ3) is 7.48. The van der Waals surface area contributed by atoms with Crippen molar-refractivity contribution in [3.63, 3.8) is 0 Å². The highest BCUT2D eigenvalue weighted by Crippen LogP contribution is 2.29. The highest BCUT2D eigenvalue weighted by Gasteiger charge is 2.31. The molecule has 0 fully saturated rings. The number of halogens is 3. The van der Waals surface area contributed by atoms with E-state index >= 15 is 0 Å². The Kier molecular flexibility index (Phi) is 8.12. The largest absolute Gasteiger partial charge is 0.573 e. The van der Waals surface area contributed by atoms with Crippen molar-refractivity contribution in [2.45, 2.75) is 39.7 Å². The number of alkyl halides is 3. The second-order valence-electron chi connectivity index (χ2n) is 7.51. The van der Waals surface area contributed by atoms with Crippen LogP contribution >= 0.6 is 0 Å². The molecular weight excluding hydrogens is 449 g/mol. The predicted molar refractivity (Wildman–Crippen MR) is 121 cm³/mol. The van der Waals surface area contributed by atoms with E-state index < -0.39 is 6.36 Å². The predicted octanol–water partition coefficient (Wildman–Crippen LogP) is 6.30. The average Bonchev–Trinajstić information content (AvgIpc) is 2.74. The molecule has 0 saturated heterocycles. The maximum absolute atomic E-state index is 12.7. The Morgan fingerprint density at radius 2 is 1.74 bits per heavy atom. The fraction of sp³-hybridized carbons (Fsp3) is 0.280. The number of ether oxygens (including phenoxy) is 3. The van der Waals surface area contributed by atoms with Crippen molar-refractivity contribution in [1.29, 1.82) is 0 Å². The van der Waals surface area contributed by atoms with Gasteiger partial charge in [0, 0.05) is 30.5 Å². The lowest BCUT2D eigenvalue weighted by atomic mass is 10.1. The normalized spacial score (nSPS) is 12.2. The molecule has 9 heteroatoms. The van der Waals surface area contributed by atoms with E-state index in [4.69, 9.17) is 9.47 Å².